The van der Waals surface area contributed by atoms with Gasteiger partial charge in [0.2, 0.25) is 5.95 Å². The number of hydrogen-bond acceptors (Lipinski definition) is 4. The van der Waals surface area contributed by atoms with E-state index in [0.29, 0.717) is 5.92 Å². The fourth-order valence-corrected chi connectivity index (χ4v) is 2.99. The molecule has 2 fully saturated rings. The summed E-state index contributed by atoms with van der Waals surface area (Å²) in [5, 5.41) is 8.94. The van der Waals surface area contributed by atoms with Crippen LogP contribution in [-0.2, 0) is 11.3 Å². The van der Waals surface area contributed by atoms with E-state index in [-0.39, 0.29) is 6.10 Å². The van der Waals surface area contributed by atoms with Crippen molar-refractivity contribution in [1.82, 2.24) is 14.8 Å². The van der Waals surface area contributed by atoms with Gasteiger partial charge in [0.15, 0.2) is 0 Å². The summed E-state index contributed by atoms with van der Waals surface area (Å²) in [4.78, 5) is 2.34. The van der Waals surface area contributed by atoms with Crippen molar-refractivity contribution in [2.45, 2.75) is 58.1 Å². The number of rotatable bonds is 3. The van der Waals surface area contributed by atoms with Crippen LogP contribution >= 0.6 is 0 Å². The Morgan fingerprint density at radius 2 is 2.11 bits per heavy atom. The second kappa shape index (κ2) is 5.49. The van der Waals surface area contributed by atoms with Gasteiger partial charge in [0.05, 0.1) is 6.10 Å². The standard InChI is InChI=1S/C14H24N4O/c1-3-18-13(12-6-4-7-12)15-16-14(18)17-8-5-9-19-11(2)10-17/h11-12H,3-10H2,1-2H3/t11-/m0/s1. The molecule has 0 aromatic carbocycles. The maximum absolute atomic E-state index is 5.72. The summed E-state index contributed by atoms with van der Waals surface area (Å²) in [7, 11) is 0. The maximum atomic E-state index is 5.72. The average molecular weight is 264 g/mol. The normalized spacial score (nSPS) is 25.2. The number of hydrogen-bond donors (Lipinski definition) is 0. The third kappa shape index (κ3) is 2.48. The molecule has 0 amide bonds. The van der Waals surface area contributed by atoms with Gasteiger partial charge in [0.25, 0.3) is 0 Å². The van der Waals surface area contributed by atoms with Gasteiger partial charge >= 0.3 is 0 Å². The van der Waals surface area contributed by atoms with Crippen LogP contribution in [0.25, 0.3) is 0 Å². The van der Waals surface area contributed by atoms with Gasteiger partial charge in [-0.1, -0.05) is 6.42 Å². The molecule has 1 aliphatic heterocycles. The minimum Gasteiger partial charge on any atom is -0.377 e. The molecule has 0 N–H and O–H groups in total. The zero-order valence-corrected chi connectivity index (χ0v) is 12.0. The molecule has 106 valence electrons. The van der Waals surface area contributed by atoms with E-state index < -0.39 is 0 Å². The molecule has 0 radical (unpaired) electrons. The zero-order valence-electron chi connectivity index (χ0n) is 12.0. The Morgan fingerprint density at radius 3 is 2.79 bits per heavy atom. The fraction of sp³-hybridized carbons (Fsp3) is 0.857. The lowest BCUT2D eigenvalue weighted by molar-refractivity contribution is 0.0819. The number of ether oxygens (including phenoxy) is 1. The van der Waals surface area contributed by atoms with E-state index in [9.17, 15) is 0 Å². The first-order valence-corrected chi connectivity index (χ1v) is 7.59. The molecule has 1 saturated carbocycles. The van der Waals surface area contributed by atoms with Gasteiger partial charge in [-0.05, 0) is 33.1 Å². The summed E-state index contributed by atoms with van der Waals surface area (Å²) in [5.74, 6) is 2.88. The molecule has 2 heterocycles. The van der Waals surface area contributed by atoms with Crippen molar-refractivity contribution in [3.63, 3.8) is 0 Å². The van der Waals surface area contributed by atoms with Crippen molar-refractivity contribution in [2.75, 3.05) is 24.6 Å². The molecule has 0 unspecified atom stereocenters. The molecule has 5 heteroatoms. The Kier molecular flexibility index (Phi) is 3.73. The molecule has 19 heavy (non-hydrogen) atoms. The van der Waals surface area contributed by atoms with Gasteiger partial charge in [-0.25, -0.2) is 0 Å². The van der Waals surface area contributed by atoms with E-state index in [1.807, 2.05) is 0 Å². The van der Waals surface area contributed by atoms with Crippen molar-refractivity contribution in [3.8, 4) is 0 Å². The SMILES string of the molecule is CCn1c(C2CCC2)nnc1N1CCCO[C@@H](C)C1. The summed E-state index contributed by atoms with van der Waals surface area (Å²) in [6.07, 6.45) is 5.23. The van der Waals surface area contributed by atoms with Crippen molar-refractivity contribution in [3.05, 3.63) is 5.82 Å². The van der Waals surface area contributed by atoms with E-state index >= 15 is 0 Å². The van der Waals surface area contributed by atoms with Crippen molar-refractivity contribution in [2.24, 2.45) is 0 Å². The first kappa shape index (κ1) is 12.9. The average Bonchev–Trinajstić information content (AvgIpc) is 2.62. The van der Waals surface area contributed by atoms with Crippen LogP contribution < -0.4 is 4.90 Å². The summed E-state index contributed by atoms with van der Waals surface area (Å²) in [6, 6.07) is 0. The molecule has 5 nitrogen and oxygen atoms in total. The molecule has 3 rings (SSSR count). The highest BCUT2D eigenvalue weighted by Crippen LogP contribution is 2.36. The molecule has 0 bridgehead atoms. The second-order valence-electron chi connectivity index (χ2n) is 5.71. The van der Waals surface area contributed by atoms with Crippen LogP contribution in [0.15, 0.2) is 0 Å². The van der Waals surface area contributed by atoms with Crippen LogP contribution in [0.4, 0.5) is 5.95 Å². The predicted octanol–water partition coefficient (Wildman–Crippen LogP) is 2.18. The lowest BCUT2D eigenvalue weighted by Gasteiger charge is -2.27. The van der Waals surface area contributed by atoms with Gasteiger partial charge in [-0.2, -0.15) is 0 Å². The van der Waals surface area contributed by atoms with Gasteiger partial charge < -0.3 is 9.64 Å². The Hall–Kier alpha value is -1.10. The van der Waals surface area contributed by atoms with Crippen LogP contribution in [0.5, 0.6) is 0 Å². The van der Waals surface area contributed by atoms with Gasteiger partial charge in [0.1, 0.15) is 5.82 Å². The molecule has 1 atom stereocenters. The molecular weight excluding hydrogens is 240 g/mol. The van der Waals surface area contributed by atoms with E-state index in [1.165, 1.54) is 25.1 Å². The van der Waals surface area contributed by atoms with Crippen molar-refractivity contribution in [1.29, 1.82) is 0 Å². The van der Waals surface area contributed by atoms with Crippen LogP contribution in [0, 0.1) is 0 Å². The molecule has 1 aromatic rings. The third-order valence-corrected chi connectivity index (χ3v) is 4.28. The van der Waals surface area contributed by atoms with Crippen molar-refractivity contribution >= 4 is 5.95 Å². The van der Waals surface area contributed by atoms with Crippen LogP contribution in [0.3, 0.4) is 0 Å². The predicted molar refractivity (Wildman–Crippen MR) is 74.5 cm³/mol. The van der Waals surface area contributed by atoms with Crippen LogP contribution in [-0.4, -0.2) is 40.6 Å². The fourth-order valence-electron chi connectivity index (χ4n) is 2.99. The first-order valence-electron chi connectivity index (χ1n) is 7.59. The number of nitrogens with zero attached hydrogens (tertiary/aromatic N) is 4. The minimum absolute atomic E-state index is 0.275. The monoisotopic (exact) mass is 264 g/mol. The van der Waals surface area contributed by atoms with Crippen LogP contribution in [0.1, 0.15) is 51.3 Å². The summed E-state index contributed by atoms with van der Waals surface area (Å²) in [6.45, 7) is 8.08. The second-order valence-corrected chi connectivity index (χ2v) is 5.71. The highest BCUT2D eigenvalue weighted by atomic mass is 16.5. The van der Waals surface area contributed by atoms with Gasteiger partial charge in [-0.15, -0.1) is 10.2 Å². The smallest absolute Gasteiger partial charge is 0.227 e. The van der Waals surface area contributed by atoms with Gasteiger partial charge in [0, 0.05) is 32.2 Å². The van der Waals surface area contributed by atoms with Gasteiger partial charge in [-0.3, -0.25) is 4.57 Å². The molecule has 1 aromatic heterocycles. The highest BCUT2D eigenvalue weighted by molar-refractivity contribution is 5.32. The molecule has 1 aliphatic carbocycles. The highest BCUT2D eigenvalue weighted by Gasteiger charge is 2.28. The minimum atomic E-state index is 0.275. The molecule has 2 aliphatic rings. The van der Waals surface area contributed by atoms with E-state index in [1.54, 1.807) is 0 Å². The summed E-state index contributed by atoms with van der Waals surface area (Å²) in [5.41, 5.74) is 0. The maximum Gasteiger partial charge on any atom is 0.227 e. The Morgan fingerprint density at radius 1 is 1.26 bits per heavy atom. The summed E-state index contributed by atoms with van der Waals surface area (Å²) >= 11 is 0. The quantitative estimate of drug-likeness (QED) is 0.839. The molecular formula is C14H24N4O. The molecule has 1 saturated heterocycles. The zero-order chi connectivity index (χ0) is 13.2. The Balaban J connectivity index is 1.84. The van der Waals surface area contributed by atoms with E-state index in [0.717, 1.165) is 38.6 Å². The van der Waals surface area contributed by atoms with E-state index in [4.69, 9.17) is 4.74 Å². The topological polar surface area (TPSA) is 43.2 Å². The molecule has 0 spiro atoms. The largest absolute Gasteiger partial charge is 0.377 e. The third-order valence-electron chi connectivity index (χ3n) is 4.28. The van der Waals surface area contributed by atoms with E-state index in [2.05, 4.69) is 33.5 Å². The van der Waals surface area contributed by atoms with Crippen molar-refractivity contribution < 1.29 is 4.74 Å². The lowest BCUT2D eigenvalue weighted by atomic mass is 9.85. The summed E-state index contributed by atoms with van der Waals surface area (Å²) < 4.78 is 8.02. The lowest BCUT2D eigenvalue weighted by Crippen LogP contribution is -2.32. The Bertz CT molecular complexity index is 427. The Labute approximate surface area is 114 Å². The van der Waals surface area contributed by atoms with Crippen LogP contribution in [0.2, 0.25) is 0 Å². The first-order chi connectivity index (χ1) is 9.29. The number of anilines is 1. The number of aromatic nitrogens is 3.